The van der Waals surface area contributed by atoms with Gasteiger partial charge in [-0.25, -0.2) is 0 Å². The number of thiophene rings is 1. The molecule has 1 saturated heterocycles. The van der Waals surface area contributed by atoms with Crippen LogP contribution in [0, 0.1) is 11.8 Å². The Hall–Kier alpha value is -0.910. The molecule has 1 aliphatic heterocycles. The molecule has 2 unspecified atom stereocenters. The van der Waals surface area contributed by atoms with Crippen LogP contribution >= 0.6 is 11.3 Å². The molecule has 2 heterocycles. The summed E-state index contributed by atoms with van der Waals surface area (Å²) in [6, 6.07) is 4.10. The third-order valence-electron chi connectivity index (χ3n) is 3.64. The number of carbonyl (C=O) groups excluding carboxylic acids is 1. The van der Waals surface area contributed by atoms with E-state index in [0.29, 0.717) is 25.6 Å². The van der Waals surface area contributed by atoms with Crippen molar-refractivity contribution in [3.63, 3.8) is 0 Å². The second kappa shape index (κ2) is 7.03. The number of ether oxygens (including phenoxy) is 1. The largest absolute Gasteiger partial charge is 0.383 e. The van der Waals surface area contributed by atoms with Crippen LogP contribution in [0.3, 0.4) is 0 Å². The van der Waals surface area contributed by atoms with E-state index in [0.717, 1.165) is 13.1 Å². The first-order valence-electron chi connectivity index (χ1n) is 6.73. The predicted molar refractivity (Wildman–Crippen MR) is 77.1 cm³/mol. The van der Waals surface area contributed by atoms with Crippen molar-refractivity contribution in [2.45, 2.75) is 13.5 Å². The van der Waals surface area contributed by atoms with Crippen LogP contribution < -0.4 is 5.32 Å². The second-order valence-corrected chi connectivity index (χ2v) is 6.11. The van der Waals surface area contributed by atoms with Crippen LogP contribution in [0.15, 0.2) is 17.5 Å². The van der Waals surface area contributed by atoms with Crippen molar-refractivity contribution >= 4 is 17.2 Å². The highest BCUT2D eigenvalue weighted by Gasteiger charge is 2.32. The standard InChI is InChI=1S/C14H22N2O2S/c1-11-8-15-9-13(11)14(17)16(5-6-18-2)10-12-4-3-7-19-12/h3-4,7,11,13,15H,5-6,8-10H2,1-2H3. The summed E-state index contributed by atoms with van der Waals surface area (Å²) in [4.78, 5) is 15.8. The van der Waals surface area contributed by atoms with Gasteiger partial charge in [0, 0.05) is 25.1 Å². The van der Waals surface area contributed by atoms with Gasteiger partial charge in [0.25, 0.3) is 0 Å². The molecule has 1 N–H and O–H groups in total. The highest BCUT2D eigenvalue weighted by molar-refractivity contribution is 7.09. The molecule has 1 amide bonds. The number of amides is 1. The summed E-state index contributed by atoms with van der Waals surface area (Å²) in [6.45, 7) is 5.83. The van der Waals surface area contributed by atoms with Crippen LogP contribution in [0.1, 0.15) is 11.8 Å². The highest BCUT2D eigenvalue weighted by Crippen LogP contribution is 2.21. The molecule has 0 radical (unpaired) electrons. The molecular weight excluding hydrogens is 260 g/mol. The summed E-state index contributed by atoms with van der Waals surface area (Å²) in [5.74, 6) is 0.778. The van der Waals surface area contributed by atoms with Gasteiger partial charge in [-0.2, -0.15) is 0 Å². The van der Waals surface area contributed by atoms with Crippen molar-refractivity contribution in [2.75, 3.05) is 33.4 Å². The lowest BCUT2D eigenvalue weighted by Crippen LogP contribution is -2.40. The van der Waals surface area contributed by atoms with Crippen LogP contribution in [0.25, 0.3) is 0 Å². The summed E-state index contributed by atoms with van der Waals surface area (Å²) >= 11 is 1.70. The van der Waals surface area contributed by atoms with E-state index in [1.807, 2.05) is 16.3 Å². The first-order chi connectivity index (χ1) is 9.22. The summed E-state index contributed by atoms with van der Waals surface area (Å²) < 4.78 is 5.13. The Morgan fingerprint density at radius 3 is 3.00 bits per heavy atom. The molecule has 1 aromatic heterocycles. The molecule has 2 rings (SSSR count). The summed E-state index contributed by atoms with van der Waals surface area (Å²) in [7, 11) is 1.67. The van der Waals surface area contributed by atoms with Crippen LogP contribution in [-0.2, 0) is 16.1 Å². The minimum absolute atomic E-state index is 0.108. The first-order valence-corrected chi connectivity index (χ1v) is 7.61. The van der Waals surface area contributed by atoms with E-state index in [-0.39, 0.29) is 11.8 Å². The van der Waals surface area contributed by atoms with Crippen LogP contribution in [0.4, 0.5) is 0 Å². The van der Waals surface area contributed by atoms with Crippen molar-refractivity contribution in [3.05, 3.63) is 22.4 Å². The van der Waals surface area contributed by atoms with Gasteiger partial charge in [0.15, 0.2) is 0 Å². The minimum atomic E-state index is 0.108. The number of hydrogen-bond acceptors (Lipinski definition) is 4. The average molecular weight is 282 g/mol. The Bertz CT molecular complexity index is 394. The molecule has 1 fully saturated rings. The van der Waals surface area contributed by atoms with Gasteiger partial charge in [-0.05, 0) is 23.9 Å². The van der Waals surface area contributed by atoms with Crippen molar-refractivity contribution in [2.24, 2.45) is 11.8 Å². The molecule has 5 heteroatoms. The van der Waals surface area contributed by atoms with Gasteiger partial charge >= 0.3 is 0 Å². The van der Waals surface area contributed by atoms with E-state index in [1.165, 1.54) is 4.88 Å². The maximum absolute atomic E-state index is 12.6. The Balaban J connectivity index is 2.01. The molecule has 106 valence electrons. The van der Waals surface area contributed by atoms with Gasteiger partial charge in [0.2, 0.25) is 5.91 Å². The summed E-state index contributed by atoms with van der Waals surface area (Å²) in [5, 5.41) is 5.35. The Labute approximate surface area is 118 Å². The van der Waals surface area contributed by atoms with Gasteiger partial charge in [-0.1, -0.05) is 13.0 Å². The maximum atomic E-state index is 12.6. The number of hydrogen-bond donors (Lipinski definition) is 1. The molecule has 19 heavy (non-hydrogen) atoms. The Kier molecular flexibility index (Phi) is 5.36. The molecule has 0 saturated carbocycles. The number of methoxy groups -OCH3 is 1. The SMILES string of the molecule is COCCN(Cc1cccs1)C(=O)C1CNCC1C. The highest BCUT2D eigenvalue weighted by atomic mass is 32.1. The van der Waals surface area contributed by atoms with Gasteiger partial charge in [0.05, 0.1) is 19.1 Å². The third kappa shape index (κ3) is 3.78. The minimum Gasteiger partial charge on any atom is -0.383 e. The van der Waals surface area contributed by atoms with E-state index in [9.17, 15) is 4.79 Å². The van der Waals surface area contributed by atoms with Crippen molar-refractivity contribution in [1.29, 1.82) is 0 Å². The fourth-order valence-electron chi connectivity index (χ4n) is 2.43. The Morgan fingerprint density at radius 2 is 2.42 bits per heavy atom. The van der Waals surface area contributed by atoms with Crippen molar-refractivity contribution in [3.8, 4) is 0 Å². The van der Waals surface area contributed by atoms with E-state index in [4.69, 9.17) is 4.74 Å². The monoisotopic (exact) mass is 282 g/mol. The van der Waals surface area contributed by atoms with E-state index >= 15 is 0 Å². The number of carbonyl (C=O) groups is 1. The first kappa shape index (κ1) is 14.5. The topological polar surface area (TPSA) is 41.6 Å². The van der Waals surface area contributed by atoms with Crippen LogP contribution in [-0.4, -0.2) is 44.2 Å². The molecule has 2 atom stereocenters. The molecule has 1 aliphatic rings. The van der Waals surface area contributed by atoms with Crippen molar-refractivity contribution < 1.29 is 9.53 Å². The number of nitrogens with one attached hydrogen (secondary N) is 1. The lowest BCUT2D eigenvalue weighted by atomic mass is 9.96. The number of rotatable bonds is 6. The zero-order valence-electron chi connectivity index (χ0n) is 11.6. The third-order valence-corrected chi connectivity index (χ3v) is 4.50. The summed E-state index contributed by atoms with van der Waals surface area (Å²) in [6.07, 6.45) is 0. The van der Waals surface area contributed by atoms with Gasteiger partial charge in [0.1, 0.15) is 0 Å². The smallest absolute Gasteiger partial charge is 0.227 e. The van der Waals surface area contributed by atoms with E-state index in [1.54, 1.807) is 18.4 Å². The Morgan fingerprint density at radius 1 is 1.58 bits per heavy atom. The van der Waals surface area contributed by atoms with Gasteiger partial charge in [-0.3, -0.25) is 4.79 Å². The molecule has 0 aliphatic carbocycles. The van der Waals surface area contributed by atoms with E-state index in [2.05, 4.69) is 18.3 Å². The second-order valence-electron chi connectivity index (χ2n) is 5.07. The number of nitrogens with zero attached hydrogens (tertiary/aromatic N) is 1. The fourth-order valence-corrected chi connectivity index (χ4v) is 3.15. The maximum Gasteiger partial charge on any atom is 0.227 e. The fraction of sp³-hybridized carbons (Fsp3) is 0.643. The predicted octanol–water partition coefficient (Wildman–Crippen LogP) is 1.58. The zero-order valence-corrected chi connectivity index (χ0v) is 12.4. The van der Waals surface area contributed by atoms with E-state index < -0.39 is 0 Å². The lowest BCUT2D eigenvalue weighted by Gasteiger charge is -2.26. The zero-order chi connectivity index (χ0) is 13.7. The molecule has 1 aromatic rings. The van der Waals surface area contributed by atoms with Gasteiger partial charge in [-0.15, -0.1) is 11.3 Å². The molecule has 0 bridgehead atoms. The normalized spacial score (nSPS) is 22.6. The quantitative estimate of drug-likeness (QED) is 0.861. The average Bonchev–Trinajstić information content (AvgIpc) is 3.05. The molecular formula is C14H22N2O2S. The van der Waals surface area contributed by atoms with Crippen LogP contribution in [0.2, 0.25) is 0 Å². The lowest BCUT2D eigenvalue weighted by molar-refractivity contribution is -0.137. The van der Waals surface area contributed by atoms with Crippen molar-refractivity contribution in [1.82, 2.24) is 10.2 Å². The van der Waals surface area contributed by atoms with Crippen LogP contribution in [0.5, 0.6) is 0 Å². The summed E-state index contributed by atoms with van der Waals surface area (Å²) in [5.41, 5.74) is 0. The van der Waals surface area contributed by atoms with Gasteiger partial charge < -0.3 is 15.0 Å². The molecule has 0 aromatic carbocycles. The molecule has 0 spiro atoms. The molecule has 4 nitrogen and oxygen atoms in total.